The standard InChI is InChI=1S/C34H43FN4O3S/c1-4-33(40)37-32-10-6-9-31(32)34(23-36,27-7-5-8-28(35)19-27)26-15-17-38(18-16-26)20-25-21-39(22-25)29-11-13-30(14-12-29)43(41,42)24(2)3/h4-5,7-8,11-14,19,24-26,31-32H,1,6,9-10,15-18,20-22H2,2-3H3,(H,37,40)/t31-,32-,34?/m0/s1. The van der Waals surface area contributed by atoms with E-state index in [1.165, 1.54) is 18.2 Å². The first kappa shape index (κ1) is 31.2. The van der Waals surface area contributed by atoms with Gasteiger partial charge < -0.3 is 15.1 Å². The van der Waals surface area contributed by atoms with Crippen molar-refractivity contribution in [1.29, 1.82) is 5.26 Å². The van der Waals surface area contributed by atoms with Gasteiger partial charge >= 0.3 is 0 Å². The molecule has 3 atom stereocenters. The van der Waals surface area contributed by atoms with Crippen LogP contribution in [0.5, 0.6) is 0 Å². The fraction of sp³-hybridized carbons (Fsp3) is 0.529. The third-order valence-corrected chi connectivity index (χ3v) is 12.1. The molecule has 2 aliphatic heterocycles. The summed E-state index contributed by atoms with van der Waals surface area (Å²) in [6.07, 6.45) is 5.48. The molecular formula is C34H43FN4O3S. The molecule has 0 spiro atoms. The van der Waals surface area contributed by atoms with Crippen LogP contribution in [0.25, 0.3) is 0 Å². The van der Waals surface area contributed by atoms with Crippen molar-refractivity contribution in [1.82, 2.24) is 10.2 Å². The molecule has 1 N–H and O–H groups in total. The normalized spacial score (nSPS) is 23.4. The van der Waals surface area contributed by atoms with Gasteiger partial charge in [0.2, 0.25) is 5.91 Å². The molecule has 2 saturated heterocycles. The summed E-state index contributed by atoms with van der Waals surface area (Å²) in [4.78, 5) is 17.4. The van der Waals surface area contributed by atoms with Crippen molar-refractivity contribution in [3.8, 4) is 6.07 Å². The van der Waals surface area contributed by atoms with Gasteiger partial charge in [-0.25, -0.2) is 12.8 Å². The second kappa shape index (κ2) is 12.8. The maximum atomic E-state index is 14.5. The molecule has 2 heterocycles. The predicted molar refractivity (Wildman–Crippen MR) is 167 cm³/mol. The van der Waals surface area contributed by atoms with Crippen molar-refractivity contribution in [3.63, 3.8) is 0 Å². The number of nitriles is 1. The van der Waals surface area contributed by atoms with E-state index in [2.05, 4.69) is 27.8 Å². The quantitative estimate of drug-likeness (QED) is 0.379. The van der Waals surface area contributed by atoms with Crippen molar-refractivity contribution >= 4 is 21.4 Å². The summed E-state index contributed by atoms with van der Waals surface area (Å²) >= 11 is 0. The molecule has 1 amide bonds. The molecule has 3 aliphatic rings. The minimum atomic E-state index is -3.28. The summed E-state index contributed by atoms with van der Waals surface area (Å²) in [6.45, 7) is 11.6. The molecule has 2 aromatic rings. The largest absolute Gasteiger partial charge is 0.371 e. The number of hydrogen-bond donors (Lipinski definition) is 1. The molecule has 0 aromatic heterocycles. The lowest BCUT2D eigenvalue weighted by atomic mass is 9.59. The molecule has 9 heteroatoms. The Bertz CT molecular complexity index is 1460. The van der Waals surface area contributed by atoms with E-state index in [0.717, 1.165) is 76.1 Å². The zero-order chi connectivity index (χ0) is 30.8. The Labute approximate surface area is 255 Å². The molecule has 2 aromatic carbocycles. The Kier molecular flexibility index (Phi) is 9.29. The maximum Gasteiger partial charge on any atom is 0.243 e. The van der Waals surface area contributed by atoms with Crippen LogP contribution in [0.4, 0.5) is 10.1 Å². The summed E-state index contributed by atoms with van der Waals surface area (Å²) in [5, 5.41) is 13.5. The second-order valence-corrected chi connectivity index (χ2v) is 15.3. The number of sulfone groups is 1. The summed E-state index contributed by atoms with van der Waals surface area (Å²) in [7, 11) is -3.28. The topological polar surface area (TPSA) is 93.5 Å². The van der Waals surface area contributed by atoms with Crippen molar-refractivity contribution < 1.29 is 17.6 Å². The monoisotopic (exact) mass is 606 g/mol. The number of likely N-dealkylation sites (tertiary alicyclic amines) is 1. The first-order chi connectivity index (χ1) is 20.6. The number of rotatable bonds is 10. The van der Waals surface area contributed by atoms with E-state index in [9.17, 15) is 22.9 Å². The molecule has 3 fully saturated rings. The van der Waals surface area contributed by atoms with E-state index in [1.54, 1.807) is 32.0 Å². The van der Waals surface area contributed by atoms with Gasteiger partial charge in [-0.1, -0.05) is 25.1 Å². The van der Waals surface area contributed by atoms with E-state index in [0.29, 0.717) is 10.8 Å². The number of halogens is 1. The van der Waals surface area contributed by atoms with E-state index >= 15 is 0 Å². The smallest absolute Gasteiger partial charge is 0.243 e. The number of piperidine rings is 1. The number of nitrogens with one attached hydrogen (secondary N) is 1. The maximum absolute atomic E-state index is 14.5. The van der Waals surface area contributed by atoms with Crippen molar-refractivity contribution in [3.05, 3.63) is 72.6 Å². The van der Waals surface area contributed by atoms with E-state index < -0.39 is 20.5 Å². The van der Waals surface area contributed by atoms with Crippen LogP contribution in [0.3, 0.4) is 0 Å². The molecule has 0 bridgehead atoms. The molecular weight excluding hydrogens is 563 g/mol. The van der Waals surface area contributed by atoms with Gasteiger partial charge in [0.1, 0.15) is 5.82 Å². The van der Waals surface area contributed by atoms with Crippen LogP contribution in [0.1, 0.15) is 51.5 Å². The molecule has 1 aliphatic carbocycles. The van der Waals surface area contributed by atoms with Crippen molar-refractivity contribution in [2.24, 2.45) is 17.8 Å². The van der Waals surface area contributed by atoms with Crippen LogP contribution in [0, 0.1) is 34.9 Å². The summed E-state index contributed by atoms with van der Waals surface area (Å²) in [6, 6.07) is 16.3. The van der Waals surface area contributed by atoms with Gasteiger partial charge in [0.05, 0.1) is 21.6 Å². The van der Waals surface area contributed by atoms with Crippen LogP contribution in [-0.4, -0.2) is 63.2 Å². The minimum Gasteiger partial charge on any atom is -0.371 e. The van der Waals surface area contributed by atoms with Crippen molar-refractivity contribution in [2.75, 3.05) is 37.6 Å². The lowest BCUT2D eigenvalue weighted by molar-refractivity contribution is -0.117. The zero-order valence-electron chi connectivity index (χ0n) is 25.2. The number of anilines is 1. The van der Waals surface area contributed by atoms with Crippen LogP contribution < -0.4 is 10.2 Å². The first-order valence-electron chi connectivity index (χ1n) is 15.5. The third-order valence-electron chi connectivity index (χ3n) is 9.96. The highest BCUT2D eigenvalue weighted by atomic mass is 32.2. The third kappa shape index (κ3) is 6.23. The van der Waals surface area contributed by atoms with Crippen LogP contribution in [0.2, 0.25) is 0 Å². The highest BCUT2D eigenvalue weighted by molar-refractivity contribution is 7.92. The molecule has 5 rings (SSSR count). The fourth-order valence-electron chi connectivity index (χ4n) is 7.61. The second-order valence-electron chi connectivity index (χ2n) is 12.8. The Morgan fingerprint density at radius 1 is 1.14 bits per heavy atom. The molecule has 1 unspecified atom stereocenters. The molecule has 1 saturated carbocycles. The summed E-state index contributed by atoms with van der Waals surface area (Å²) in [5.41, 5.74) is 0.882. The summed E-state index contributed by atoms with van der Waals surface area (Å²) < 4.78 is 39.4. The molecule has 43 heavy (non-hydrogen) atoms. The Hall–Kier alpha value is -3.22. The number of carbonyl (C=O) groups is 1. The Morgan fingerprint density at radius 2 is 1.84 bits per heavy atom. The van der Waals surface area contributed by atoms with Gasteiger partial charge in [0, 0.05) is 43.2 Å². The lowest BCUT2D eigenvalue weighted by Gasteiger charge is -2.48. The van der Waals surface area contributed by atoms with Gasteiger partial charge in [-0.3, -0.25) is 4.79 Å². The molecule has 0 radical (unpaired) electrons. The Morgan fingerprint density at radius 3 is 2.44 bits per heavy atom. The average molecular weight is 607 g/mol. The van der Waals surface area contributed by atoms with E-state index in [-0.39, 0.29) is 29.6 Å². The summed E-state index contributed by atoms with van der Waals surface area (Å²) in [5.74, 6) is -0.0936. The van der Waals surface area contributed by atoms with Crippen LogP contribution >= 0.6 is 0 Å². The van der Waals surface area contributed by atoms with Gasteiger partial charge in [0.15, 0.2) is 9.84 Å². The number of hydrogen-bond acceptors (Lipinski definition) is 6. The number of amides is 1. The number of benzene rings is 2. The number of carbonyl (C=O) groups excluding carboxylic acids is 1. The number of nitrogens with zero attached hydrogens (tertiary/aromatic N) is 3. The zero-order valence-corrected chi connectivity index (χ0v) is 26.0. The van der Waals surface area contributed by atoms with E-state index in [1.807, 2.05) is 18.2 Å². The first-order valence-corrected chi connectivity index (χ1v) is 17.0. The van der Waals surface area contributed by atoms with Crippen LogP contribution in [0.15, 0.2) is 66.1 Å². The predicted octanol–water partition coefficient (Wildman–Crippen LogP) is 5.09. The van der Waals surface area contributed by atoms with Crippen molar-refractivity contribution in [2.45, 2.75) is 67.6 Å². The highest BCUT2D eigenvalue weighted by Crippen LogP contribution is 2.50. The van der Waals surface area contributed by atoms with E-state index in [4.69, 9.17) is 0 Å². The Balaban J connectivity index is 1.23. The highest BCUT2D eigenvalue weighted by Gasteiger charge is 2.52. The molecule has 230 valence electrons. The van der Waals surface area contributed by atoms with Gasteiger partial charge in [0.25, 0.3) is 0 Å². The lowest BCUT2D eigenvalue weighted by Crippen LogP contribution is -2.55. The molecule has 7 nitrogen and oxygen atoms in total. The van der Waals surface area contributed by atoms with Crippen LogP contribution in [-0.2, 0) is 20.0 Å². The van der Waals surface area contributed by atoms with Gasteiger partial charge in [-0.2, -0.15) is 5.26 Å². The SMILES string of the molecule is C=CC(=O)N[C@H]1CCC[C@@H]1C(C#N)(c1cccc(F)c1)C1CCN(CC2CN(c3ccc(S(=O)(=O)C(C)C)cc3)C2)CC1. The van der Waals surface area contributed by atoms with Gasteiger partial charge in [-0.15, -0.1) is 0 Å². The average Bonchev–Trinajstić information content (AvgIpc) is 3.44. The fourth-order valence-corrected chi connectivity index (χ4v) is 8.67. The minimum absolute atomic E-state index is 0.0558. The van der Waals surface area contributed by atoms with Gasteiger partial charge in [-0.05, 0) is 107 Å².